The molecule has 1 N–H and O–H groups in total. The van der Waals surface area contributed by atoms with Crippen LogP contribution in [0.15, 0.2) is 42.5 Å². The van der Waals surface area contributed by atoms with Gasteiger partial charge in [0.15, 0.2) is 11.6 Å². The number of carbonyl (C=O) groups is 1. The van der Waals surface area contributed by atoms with E-state index in [2.05, 4.69) is 5.32 Å². The molecule has 0 aliphatic heterocycles. The standard InChI is InChI=1S/C18H20FNO3/c1-22-16-8-4-3-6-13(16)7-5-11-20-18(21)14-9-10-17(23-2)15(19)12-14/h3-4,6,8-10,12H,5,7,11H2,1-2H3,(H,20,21). The van der Waals surface area contributed by atoms with Gasteiger partial charge in [-0.3, -0.25) is 4.79 Å². The van der Waals surface area contributed by atoms with Crippen molar-refractivity contribution in [2.45, 2.75) is 12.8 Å². The minimum Gasteiger partial charge on any atom is -0.496 e. The molecular formula is C18H20FNO3. The van der Waals surface area contributed by atoms with Crippen LogP contribution in [0.5, 0.6) is 11.5 Å². The maximum atomic E-state index is 13.6. The van der Waals surface area contributed by atoms with Crippen molar-refractivity contribution in [3.8, 4) is 11.5 Å². The van der Waals surface area contributed by atoms with Crippen LogP contribution in [0.3, 0.4) is 0 Å². The smallest absolute Gasteiger partial charge is 0.251 e. The molecule has 0 saturated carbocycles. The van der Waals surface area contributed by atoms with Crippen LogP contribution in [-0.2, 0) is 6.42 Å². The fourth-order valence-corrected chi connectivity index (χ4v) is 2.30. The summed E-state index contributed by atoms with van der Waals surface area (Å²) < 4.78 is 23.7. The van der Waals surface area contributed by atoms with Crippen molar-refractivity contribution in [3.05, 3.63) is 59.4 Å². The monoisotopic (exact) mass is 317 g/mol. The van der Waals surface area contributed by atoms with Crippen LogP contribution in [0.2, 0.25) is 0 Å². The molecule has 0 radical (unpaired) electrons. The zero-order chi connectivity index (χ0) is 16.7. The number of carbonyl (C=O) groups excluding carboxylic acids is 1. The van der Waals surface area contributed by atoms with Gasteiger partial charge in [-0.05, 0) is 42.7 Å². The molecule has 5 heteroatoms. The summed E-state index contributed by atoms with van der Waals surface area (Å²) in [5, 5.41) is 2.78. The van der Waals surface area contributed by atoms with Crippen molar-refractivity contribution in [3.63, 3.8) is 0 Å². The largest absolute Gasteiger partial charge is 0.496 e. The lowest BCUT2D eigenvalue weighted by atomic mass is 10.1. The number of aryl methyl sites for hydroxylation is 1. The third-order valence-corrected chi connectivity index (χ3v) is 3.51. The van der Waals surface area contributed by atoms with Gasteiger partial charge in [-0.2, -0.15) is 0 Å². The second-order valence-corrected chi connectivity index (χ2v) is 5.02. The third-order valence-electron chi connectivity index (χ3n) is 3.51. The summed E-state index contributed by atoms with van der Waals surface area (Å²) in [7, 11) is 3.02. The van der Waals surface area contributed by atoms with Crippen LogP contribution in [0.4, 0.5) is 4.39 Å². The Morgan fingerprint density at radius 3 is 2.52 bits per heavy atom. The van der Waals surface area contributed by atoms with Crippen LogP contribution < -0.4 is 14.8 Å². The van der Waals surface area contributed by atoms with Crippen molar-refractivity contribution in [1.29, 1.82) is 0 Å². The number of nitrogens with one attached hydrogen (secondary N) is 1. The number of hydrogen-bond donors (Lipinski definition) is 1. The fourth-order valence-electron chi connectivity index (χ4n) is 2.30. The Bertz CT molecular complexity index is 673. The van der Waals surface area contributed by atoms with Gasteiger partial charge in [0.2, 0.25) is 0 Å². The van der Waals surface area contributed by atoms with E-state index < -0.39 is 5.82 Å². The lowest BCUT2D eigenvalue weighted by Crippen LogP contribution is -2.24. The van der Waals surface area contributed by atoms with Gasteiger partial charge in [-0.15, -0.1) is 0 Å². The fraction of sp³-hybridized carbons (Fsp3) is 0.278. The average Bonchev–Trinajstić information content (AvgIpc) is 2.58. The first kappa shape index (κ1) is 16.8. The number of halogens is 1. The van der Waals surface area contributed by atoms with E-state index in [1.807, 2.05) is 24.3 Å². The average molecular weight is 317 g/mol. The zero-order valence-corrected chi connectivity index (χ0v) is 13.3. The van der Waals surface area contributed by atoms with E-state index in [-0.39, 0.29) is 17.2 Å². The van der Waals surface area contributed by atoms with Gasteiger partial charge < -0.3 is 14.8 Å². The van der Waals surface area contributed by atoms with E-state index in [1.165, 1.54) is 25.3 Å². The highest BCUT2D eigenvalue weighted by atomic mass is 19.1. The maximum absolute atomic E-state index is 13.6. The molecule has 2 aromatic rings. The number of ether oxygens (including phenoxy) is 2. The molecule has 0 heterocycles. The number of para-hydroxylation sites is 1. The second-order valence-electron chi connectivity index (χ2n) is 5.02. The number of hydrogen-bond acceptors (Lipinski definition) is 3. The molecule has 1 amide bonds. The first-order chi connectivity index (χ1) is 11.2. The van der Waals surface area contributed by atoms with E-state index in [0.29, 0.717) is 6.54 Å². The lowest BCUT2D eigenvalue weighted by Gasteiger charge is -2.09. The molecule has 23 heavy (non-hydrogen) atoms. The Morgan fingerprint density at radius 2 is 1.83 bits per heavy atom. The molecule has 2 aromatic carbocycles. The minimum absolute atomic E-state index is 0.123. The normalized spacial score (nSPS) is 10.2. The molecule has 0 spiro atoms. The highest BCUT2D eigenvalue weighted by Crippen LogP contribution is 2.19. The second kappa shape index (κ2) is 8.17. The lowest BCUT2D eigenvalue weighted by molar-refractivity contribution is 0.0952. The number of amides is 1. The summed E-state index contributed by atoms with van der Waals surface area (Å²) in [6.07, 6.45) is 1.56. The zero-order valence-electron chi connectivity index (χ0n) is 13.3. The van der Waals surface area contributed by atoms with Crippen molar-refractivity contribution in [1.82, 2.24) is 5.32 Å². The number of methoxy groups -OCH3 is 2. The van der Waals surface area contributed by atoms with Gasteiger partial charge >= 0.3 is 0 Å². The molecule has 0 bridgehead atoms. The Labute approximate surface area is 135 Å². The van der Waals surface area contributed by atoms with Crippen molar-refractivity contribution < 1.29 is 18.7 Å². The highest BCUT2D eigenvalue weighted by Gasteiger charge is 2.09. The van der Waals surface area contributed by atoms with Crippen molar-refractivity contribution in [2.75, 3.05) is 20.8 Å². The van der Waals surface area contributed by atoms with E-state index in [0.717, 1.165) is 24.2 Å². The molecule has 0 aromatic heterocycles. The summed E-state index contributed by atoms with van der Waals surface area (Å²) in [4.78, 5) is 12.0. The van der Waals surface area contributed by atoms with Gasteiger partial charge in [0.1, 0.15) is 5.75 Å². The molecule has 0 saturated heterocycles. The maximum Gasteiger partial charge on any atom is 0.251 e. The quantitative estimate of drug-likeness (QED) is 0.798. The van der Waals surface area contributed by atoms with Gasteiger partial charge in [0, 0.05) is 12.1 Å². The molecular weight excluding hydrogens is 297 g/mol. The van der Waals surface area contributed by atoms with E-state index in [4.69, 9.17) is 9.47 Å². The summed E-state index contributed by atoms with van der Waals surface area (Å²) >= 11 is 0. The minimum atomic E-state index is -0.547. The van der Waals surface area contributed by atoms with Crippen molar-refractivity contribution >= 4 is 5.91 Å². The molecule has 0 aliphatic rings. The Morgan fingerprint density at radius 1 is 1.09 bits per heavy atom. The van der Waals surface area contributed by atoms with Crippen LogP contribution >= 0.6 is 0 Å². The van der Waals surface area contributed by atoms with Crippen LogP contribution in [-0.4, -0.2) is 26.7 Å². The predicted molar refractivity (Wildman–Crippen MR) is 86.6 cm³/mol. The van der Waals surface area contributed by atoms with Gasteiger partial charge in [-0.25, -0.2) is 4.39 Å². The third kappa shape index (κ3) is 4.45. The van der Waals surface area contributed by atoms with Crippen LogP contribution in [0, 0.1) is 5.82 Å². The summed E-state index contributed by atoms with van der Waals surface area (Å²) in [6, 6.07) is 11.9. The molecule has 2 rings (SSSR count). The molecule has 122 valence electrons. The molecule has 0 fully saturated rings. The van der Waals surface area contributed by atoms with Gasteiger partial charge in [0.05, 0.1) is 14.2 Å². The predicted octanol–water partition coefficient (Wildman–Crippen LogP) is 3.21. The molecule has 0 atom stereocenters. The number of rotatable bonds is 7. The SMILES string of the molecule is COc1ccc(C(=O)NCCCc2ccccc2OC)cc1F. The van der Waals surface area contributed by atoms with Crippen LogP contribution in [0.25, 0.3) is 0 Å². The van der Waals surface area contributed by atoms with E-state index in [9.17, 15) is 9.18 Å². The van der Waals surface area contributed by atoms with E-state index in [1.54, 1.807) is 7.11 Å². The summed E-state index contributed by atoms with van der Waals surface area (Å²) in [6.45, 7) is 0.504. The molecule has 4 nitrogen and oxygen atoms in total. The van der Waals surface area contributed by atoms with Crippen LogP contribution in [0.1, 0.15) is 22.3 Å². The molecule has 0 aliphatic carbocycles. The van der Waals surface area contributed by atoms with E-state index >= 15 is 0 Å². The Hall–Kier alpha value is -2.56. The van der Waals surface area contributed by atoms with Gasteiger partial charge in [-0.1, -0.05) is 18.2 Å². The summed E-state index contributed by atoms with van der Waals surface area (Å²) in [5.74, 6) is 0.120. The highest BCUT2D eigenvalue weighted by molar-refractivity contribution is 5.94. The number of benzene rings is 2. The van der Waals surface area contributed by atoms with Crippen molar-refractivity contribution in [2.24, 2.45) is 0 Å². The topological polar surface area (TPSA) is 47.6 Å². The summed E-state index contributed by atoms with van der Waals surface area (Å²) in [5.41, 5.74) is 1.38. The van der Waals surface area contributed by atoms with Gasteiger partial charge in [0.25, 0.3) is 5.91 Å². The first-order valence-electron chi connectivity index (χ1n) is 7.39. The molecule has 0 unspecified atom stereocenters. The Balaban J connectivity index is 1.84. The Kier molecular flexibility index (Phi) is 5.97. The first-order valence-corrected chi connectivity index (χ1v) is 7.39.